The maximum Gasteiger partial charge on any atom is 0.312 e. The summed E-state index contributed by atoms with van der Waals surface area (Å²) in [6, 6.07) is 0. The van der Waals surface area contributed by atoms with E-state index >= 15 is 0 Å². The highest BCUT2D eigenvalue weighted by Gasteiger charge is 2.96. The normalized spacial score (nSPS) is 53.4. The quantitative estimate of drug-likeness (QED) is 0.562. The Morgan fingerprint density at radius 1 is 1.00 bits per heavy atom. The standard InChI is InChI=1S/C11H12Cl2O4/c1-16-8(14)10-3-11(9(15)17-2)6(10)4(12)5(13)7(10)11/h4-7H,3H2,1-2H3. The molecule has 5 aliphatic rings. The van der Waals surface area contributed by atoms with Crippen LogP contribution in [0.15, 0.2) is 0 Å². The van der Waals surface area contributed by atoms with E-state index in [-0.39, 0.29) is 34.5 Å². The summed E-state index contributed by atoms with van der Waals surface area (Å²) in [6.07, 6.45) is 0.459. The average molecular weight is 279 g/mol. The number of carbonyl (C=O) groups is 2. The number of halogens is 2. The SMILES string of the molecule is COC(=O)C12CC3(C(=O)OC)C1C(Cl)C(Cl)C23. The highest BCUT2D eigenvalue weighted by molar-refractivity contribution is 6.33. The molecule has 0 aromatic heterocycles. The topological polar surface area (TPSA) is 52.6 Å². The van der Waals surface area contributed by atoms with Crippen molar-refractivity contribution in [3.8, 4) is 0 Å². The van der Waals surface area contributed by atoms with Gasteiger partial charge in [-0.15, -0.1) is 23.2 Å². The molecule has 5 fully saturated rings. The number of rotatable bonds is 2. The van der Waals surface area contributed by atoms with E-state index in [0.717, 1.165) is 0 Å². The minimum Gasteiger partial charge on any atom is -0.469 e. The van der Waals surface area contributed by atoms with Gasteiger partial charge in [0.2, 0.25) is 0 Å². The molecule has 0 spiro atoms. The average Bonchev–Trinajstić information content (AvgIpc) is 2.56. The molecule has 6 heteroatoms. The molecule has 0 aliphatic heterocycles. The van der Waals surface area contributed by atoms with Crippen molar-refractivity contribution in [3.05, 3.63) is 0 Å². The molecule has 5 saturated carbocycles. The number of alkyl halides is 2. The van der Waals surface area contributed by atoms with Gasteiger partial charge in [0.05, 0.1) is 35.8 Å². The van der Waals surface area contributed by atoms with E-state index in [0.29, 0.717) is 6.42 Å². The number of methoxy groups -OCH3 is 2. The van der Waals surface area contributed by atoms with Crippen LogP contribution in [0.3, 0.4) is 0 Å². The van der Waals surface area contributed by atoms with Crippen LogP contribution in [-0.4, -0.2) is 36.9 Å². The number of hydrogen-bond donors (Lipinski definition) is 0. The first-order chi connectivity index (χ1) is 7.98. The zero-order chi connectivity index (χ0) is 12.6. The van der Waals surface area contributed by atoms with E-state index in [1.54, 1.807) is 0 Å². The van der Waals surface area contributed by atoms with Crippen LogP contribution in [0, 0.1) is 22.7 Å². The molecule has 2 atom stereocenters. The lowest BCUT2D eigenvalue weighted by molar-refractivity contribution is -0.288. The molecule has 94 valence electrons. The summed E-state index contributed by atoms with van der Waals surface area (Å²) >= 11 is 12.4. The molecule has 0 N–H and O–H groups in total. The Labute approximate surface area is 109 Å². The highest BCUT2D eigenvalue weighted by Crippen LogP contribution is 2.89. The molecule has 4 nitrogen and oxygen atoms in total. The van der Waals surface area contributed by atoms with Gasteiger partial charge < -0.3 is 9.47 Å². The third-order valence-corrected chi connectivity index (χ3v) is 6.05. The van der Waals surface area contributed by atoms with Gasteiger partial charge in [-0.1, -0.05) is 0 Å². The van der Waals surface area contributed by atoms with E-state index in [2.05, 4.69) is 0 Å². The van der Waals surface area contributed by atoms with Crippen LogP contribution in [-0.2, 0) is 19.1 Å². The van der Waals surface area contributed by atoms with Crippen LogP contribution in [0.2, 0.25) is 0 Å². The van der Waals surface area contributed by atoms with Gasteiger partial charge in [0.25, 0.3) is 0 Å². The molecule has 0 saturated heterocycles. The first-order valence-electron chi connectivity index (χ1n) is 5.43. The molecular formula is C11H12Cl2O4. The van der Waals surface area contributed by atoms with Gasteiger partial charge in [0.1, 0.15) is 0 Å². The smallest absolute Gasteiger partial charge is 0.312 e. The number of carbonyl (C=O) groups excluding carboxylic acids is 2. The number of fused-ring (bicyclic) bond motifs is 1. The van der Waals surface area contributed by atoms with Crippen molar-refractivity contribution in [1.82, 2.24) is 0 Å². The van der Waals surface area contributed by atoms with Gasteiger partial charge in [0.15, 0.2) is 0 Å². The monoisotopic (exact) mass is 278 g/mol. The fraction of sp³-hybridized carbons (Fsp3) is 0.818. The summed E-state index contributed by atoms with van der Waals surface area (Å²) < 4.78 is 9.65. The number of ether oxygens (including phenoxy) is 2. The third-order valence-electron chi connectivity index (χ3n) is 4.88. The second-order valence-electron chi connectivity index (χ2n) is 5.08. The van der Waals surface area contributed by atoms with E-state index < -0.39 is 10.8 Å². The number of hydrogen-bond acceptors (Lipinski definition) is 4. The molecule has 0 heterocycles. The predicted octanol–water partition coefficient (Wildman–Crippen LogP) is 1.18. The summed E-state index contributed by atoms with van der Waals surface area (Å²) in [4.78, 5) is 23.7. The van der Waals surface area contributed by atoms with Gasteiger partial charge in [-0.2, -0.15) is 0 Å². The van der Waals surface area contributed by atoms with Crippen LogP contribution < -0.4 is 0 Å². The zero-order valence-corrected chi connectivity index (χ0v) is 10.9. The second kappa shape index (κ2) is 3.09. The van der Waals surface area contributed by atoms with Crippen molar-refractivity contribution in [2.45, 2.75) is 17.2 Å². The second-order valence-corrected chi connectivity index (χ2v) is 6.09. The van der Waals surface area contributed by atoms with Crippen molar-refractivity contribution in [2.75, 3.05) is 14.2 Å². The minimum atomic E-state index is -0.637. The van der Waals surface area contributed by atoms with Crippen molar-refractivity contribution in [3.63, 3.8) is 0 Å². The molecule has 5 rings (SSSR count). The predicted molar refractivity (Wildman–Crippen MR) is 59.8 cm³/mol. The van der Waals surface area contributed by atoms with Crippen molar-refractivity contribution >= 4 is 35.1 Å². The van der Waals surface area contributed by atoms with Gasteiger partial charge in [0, 0.05) is 11.8 Å². The molecule has 0 aromatic carbocycles. The van der Waals surface area contributed by atoms with Crippen LogP contribution in [0.5, 0.6) is 0 Å². The Morgan fingerprint density at radius 2 is 1.35 bits per heavy atom. The Balaban J connectivity index is 2.00. The van der Waals surface area contributed by atoms with E-state index in [1.165, 1.54) is 14.2 Å². The largest absolute Gasteiger partial charge is 0.469 e. The molecule has 0 amide bonds. The summed E-state index contributed by atoms with van der Waals surface area (Å²) in [5.74, 6) is -1.06. The molecule has 0 radical (unpaired) electrons. The molecule has 0 aromatic rings. The van der Waals surface area contributed by atoms with Gasteiger partial charge in [-0.05, 0) is 6.42 Å². The Kier molecular flexibility index (Phi) is 2.11. The van der Waals surface area contributed by atoms with E-state index in [4.69, 9.17) is 32.7 Å². The maximum absolute atomic E-state index is 11.9. The van der Waals surface area contributed by atoms with E-state index in [1.807, 2.05) is 0 Å². The van der Waals surface area contributed by atoms with Crippen LogP contribution in [0.4, 0.5) is 0 Å². The maximum atomic E-state index is 11.9. The lowest BCUT2D eigenvalue weighted by Crippen LogP contribution is -2.80. The zero-order valence-electron chi connectivity index (χ0n) is 9.41. The van der Waals surface area contributed by atoms with Gasteiger partial charge in [-0.3, -0.25) is 9.59 Å². The summed E-state index contributed by atoms with van der Waals surface area (Å²) in [6.45, 7) is 0. The summed E-state index contributed by atoms with van der Waals surface area (Å²) in [7, 11) is 2.69. The van der Waals surface area contributed by atoms with Crippen LogP contribution in [0.1, 0.15) is 6.42 Å². The van der Waals surface area contributed by atoms with Gasteiger partial charge >= 0.3 is 11.9 Å². The summed E-state index contributed by atoms with van der Waals surface area (Å²) in [5, 5.41) is -0.734. The first-order valence-corrected chi connectivity index (χ1v) is 6.30. The number of esters is 2. The summed E-state index contributed by atoms with van der Waals surface area (Å²) in [5.41, 5.74) is -1.27. The van der Waals surface area contributed by atoms with Gasteiger partial charge in [-0.25, -0.2) is 0 Å². The Morgan fingerprint density at radius 3 is 1.65 bits per heavy atom. The molecule has 2 unspecified atom stereocenters. The van der Waals surface area contributed by atoms with Crippen molar-refractivity contribution in [2.24, 2.45) is 22.7 Å². The van der Waals surface area contributed by atoms with E-state index in [9.17, 15) is 9.59 Å². The Hall–Kier alpha value is -0.480. The van der Waals surface area contributed by atoms with Crippen molar-refractivity contribution < 1.29 is 19.1 Å². The van der Waals surface area contributed by atoms with Crippen molar-refractivity contribution in [1.29, 1.82) is 0 Å². The molecule has 5 aliphatic carbocycles. The molecule has 4 bridgehead atoms. The third kappa shape index (κ3) is 0.857. The van der Waals surface area contributed by atoms with Crippen LogP contribution >= 0.6 is 23.2 Å². The lowest BCUT2D eigenvalue weighted by Gasteiger charge is -2.73. The molecule has 17 heavy (non-hydrogen) atoms. The van der Waals surface area contributed by atoms with Crippen LogP contribution in [0.25, 0.3) is 0 Å². The fourth-order valence-electron chi connectivity index (χ4n) is 4.41. The lowest BCUT2D eigenvalue weighted by atomic mass is 9.27. The highest BCUT2D eigenvalue weighted by atomic mass is 35.5. The molecular weight excluding hydrogens is 267 g/mol. The Bertz CT molecular complexity index is 376. The minimum absolute atomic E-state index is 0.232. The fourth-order valence-corrected chi connectivity index (χ4v) is 5.60. The first kappa shape index (κ1) is 11.6.